The van der Waals surface area contributed by atoms with Gasteiger partial charge in [-0.15, -0.1) is 0 Å². The number of halogens is 1. The summed E-state index contributed by atoms with van der Waals surface area (Å²) < 4.78 is 1.05. The second kappa shape index (κ2) is 8.24. The van der Waals surface area contributed by atoms with Gasteiger partial charge in [-0.1, -0.05) is 32.1 Å². The number of aliphatic hydroxyl groups is 1. The summed E-state index contributed by atoms with van der Waals surface area (Å²) >= 11 is 2.18. The number of nitrogens with two attached hydrogens (primary N) is 2. The van der Waals surface area contributed by atoms with Crippen LogP contribution in [-0.4, -0.2) is 23.2 Å². The van der Waals surface area contributed by atoms with Crippen molar-refractivity contribution in [2.24, 2.45) is 17.5 Å². The van der Waals surface area contributed by atoms with Gasteiger partial charge in [0.05, 0.1) is 5.69 Å². The predicted octanol–water partition coefficient (Wildman–Crippen LogP) is 2.16. The van der Waals surface area contributed by atoms with Crippen molar-refractivity contribution in [2.75, 3.05) is 5.01 Å². The molecule has 1 aliphatic carbocycles. The molecule has 0 radical (unpaired) electrons. The number of nitrogens with zero attached hydrogens (tertiary/aromatic N) is 1. The molecule has 6 heteroatoms. The third-order valence-corrected chi connectivity index (χ3v) is 5.05. The Hall–Kier alpha value is -0.700. The van der Waals surface area contributed by atoms with Gasteiger partial charge in [0.1, 0.15) is 6.10 Å². The van der Waals surface area contributed by atoms with Crippen molar-refractivity contribution in [3.63, 3.8) is 0 Å². The maximum absolute atomic E-state index is 12.3. The molecule has 0 saturated heterocycles. The summed E-state index contributed by atoms with van der Waals surface area (Å²) in [4.78, 5) is 12.3. The summed E-state index contributed by atoms with van der Waals surface area (Å²) in [5.41, 5.74) is 6.59. The Morgan fingerprint density at radius 3 is 2.45 bits per heavy atom. The minimum absolute atomic E-state index is 0.510. The Bertz CT molecular complexity index is 489. The summed E-state index contributed by atoms with van der Waals surface area (Å²) in [6, 6.07) is 6.65. The van der Waals surface area contributed by atoms with Crippen LogP contribution >= 0.6 is 22.6 Å². The van der Waals surface area contributed by atoms with Crippen molar-refractivity contribution in [1.82, 2.24) is 0 Å². The molecule has 1 aromatic carbocycles. The van der Waals surface area contributed by atoms with E-state index in [-0.39, 0.29) is 0 Å². The molecular formula is C16H24IN3O2. The van der Waals surface area contributed by atoms with Gasteiger partial charge in [0, 0.05) is 9.61 Å². The van der Waals surface area contributed by atoms with E-state index in [0.717, 1.165) is 21.4 Å². The second-order valence-corrected chi connectivity index (χ2v) is 7.28. The molecular weight excluding hydrogens is 393 g/mol. The van der Waals surface area contributed by atoms with Crippen molar-refractivity contribution in [3.05, 3.63) is 27.8 Å². The average molecular weight is 417 g/mol. The van der Waals surface area contributed by atoms with Crippen LogP contribution in [0.15, 0.2) is 24.3 Å². The minimum Gasteiger partial charge on any atom is -0.382 e. The molecule has 1 fully saturated rings. The highest BCUT2D eigenvalue weighted by Crippen LogP contribution is 2.27. The van der Waals surface area contributed by atoms with Gasteiger partial charge in [0.2, 0.25) is 0 Å². The standard InChI is InChI=1S/C16H24IN3O2/c17-12-6-8-13(9-7-12)20(19)16(22)15(21)14(18)10-11-4-2-1-3-5-11/h6-9,11,14-15,21H,1-5,10,18-19H2/t14-,15?/m1/s1. The van der Waals surface area contributed by atoms with Crippen LogP contribution in [0.1, 0.15) is 38.5 Å². The summed E-state index contributed by atoms with van der Waals surface area (Å²) in [5, 5.41) is 11.2. The summed E-state index contributed by atoms with van der Waals surface area (Å²) in [5.74, 6) is 5.78. The topological polar surface area (TPSA) is 92.6 Å². The van der Waals surface area contributed by atoms with E-state index < -0.39 is 18.1 Å². The Balaban J connectivity index is 1.93. The first-order valence-electron chi connectivity index (χ1n) is 7.77. The van der Waals surface area contributed by atoms with Crippen LogP contribution in [0.5, 0.6) is 0 Å². The normalized spacial score (nSPS) is 18.7. The van der Waals surface area contributed by atoms with Crippen LogP contribution in [0.4, 0.5) is 5.69 Å². The van der Waals surface area contributed by atoms with Crippen LogP contribution in [-0.2, 0) is 4.79 Å². The zero-order chi connectivity index (χ0) is 16.1. The fraction of sp³-hybridized carbons (Fsp3) is 0.562. The lowest BCUT2D eigenvalue weighted by Gasteiger charge is -2.28. The van der Waals surface area contributed by atoms with Crippen LogP contribution < -0.4 is 16.6 Å². The smallest absolute Gasteiger partial charge is 0.271 e. The van der Waals surface area contributed by atoms with Crippen molar-refractivity contribution in [1.29, 1.82) is 0 Å². The molecule has 0 spiro atoms. The summed E-state index contributed by atoms with van der Waals surface area (Å²) in [6.07, 6.45) is 5.40. The van der Waals surface area contributed by atoms with Crippen molar-refractivity contribution in [3.8, 4) is 0 Å². The summed E-state index contributed by atoms with van der Waals surface area (Å²) in [6.45, 7) is 0. The molecule has 0 heterocycles. The number of amides is 1. The molecule has 5 N–H and O–H groups in total. The fourth-order valence-electron chi connectivity index (χ4n) is 2.99. The number of carbonyl (C=O) groups is 1. The van der Waals surface area contributed by atoms with E-state index in [4.69, 9.17) is 11.6 Å². The van der Waals surface area contributed by atoms with Crippen molar-refractivity contribution < 1.29 is 9.90 Å². The third-order valence-electron chi connectivity index (χ3n) is 4.33. The Labute approximate surface area is 145 Å². The van der Waals surface area contributed by atoms with Crippen molar-refractivity contribution in [2.45, 2.75) is 50.7 Å². The first-order valence-corrected chi connectivity index (χ1v) is 8.85. The van der Waals surface area contributed by atoms with E-state index in [0.29, 0.717) is 18.0 Å². The highest BCUT2D eigenvalue weighted by Gasteiger charge is 2.29. The molecule has 1 unspecified atom stereocenters. The number of aliphatic hydroxyl groups excluding tert-OH is 1. The molecule has 2 rings (SSSR count). The van der Waals surface area contributed by atoms with E-state index >= 15 is 0 Å². The predicted molar refractivity (Wildman–Crippen MR) is 96.0 cm³/mol. The Kier molecular flexibility index (Phi) is 6.61. The van der Waals surface area contributed by atoms with Crippen LogP contribution in [0.3, 0.4) is 0 Å². The number of hydrazine groups is 1. The van der Waals surface area contributed by atoms with Gasteiger partial charge in [-0.05, 0) is 59.2 Å². The first-order chi connectivity index (χ1) is 10.5. The number of hydrogen-bond acceptors (Lipinski definition) is 4. The molecule has 2 atom stereocenters. The molecule has 1 saturated carbocycles. The number of hydrogen-bond donors (Lipinski definition) is 3. The van der Waals surface area contributed by atoms with Gasteiger partial charge in [-0.3, -0.25) is 4.79 Å². The van der Waals surface area contributed by atoms with E-state index in [2.05, 4.69) is 22.6 Å². The molecule has 22 heavy (non-hydrogen) atoms. The highest BCUT2D eigenvalue weighted by atomic mass is 127. The lowest BCUT2D eigenvalue weighted by Crippen LogP contribution is -2.51. The van der Waals surface area contributed by atoms with Gasteiger partial charge in [0.15, 0.2) is 0 Å². The van der Waals surface area contributed by atoms with Gasteiger partial charge in [0.25, 0.3) is 5.91 Å². The zero-order valence-corrected chi connectivity index (χ0v) is 14.8. The largest absolute Gasteiger partial charge is 0.382 e. The number of benzene rings is 1. The molecule has 122 valence electrons. The molecule has 0 bridgehead atoms. The maximum atomic E-state index is 12.3. The Morgan fingerprint density at radius 1 is 1.27 bits per heavy atom. The SMILES string of the molecule is N[C@H](CC1CCCCC1)C(O)C(=O)N(N)c1ccc(I)cc1. The third kappa shape index (κ3) is 4.65. The number of rotatable bonds is 5. The summed E-state index contributed by atoms with van der Waals surface area (Å²) in [7, 11) is 0. The first kappa shape index (κ1) is 17.7. The zero-order valence-electron chi connectivity index (χ0n) is 12.6. The Morgan fingerprint density at radius 2 is 1.86 bits per heavy atom. The average Bonchev–Trinajstić information content (AvgIpc) is 2.54. The molecule has 0 aromatic heterocycles. The van der Waals surface area contributed by atoms with Gasteiger partial charge in [-0.25, -0.2) is 10.9 Å². The molecule has 0 aliphatic heterocycles. The lowest BCUT2D eigenvalue weighted by molar-refractivity contribution is -0.127. The molecule has 1 amide bonds. The molecule has 1 aliphatic rings. The van der Waals surface area contributed by atoms with Gasteiger partial charge < -0.3 is 10.8 Å². The maximum Gasteiger partial charge on any atom is 0.271 e. The van der Waals surface area contributed by atoms with Gasteiger partial charge in [-0.2, -0.15) is 0 Å². The monoisotopic (exact) mass is 417 g/mol. The molecule has 5 nitrogen and oxygen atoms in total. The minimum atomic E-state index is -1.26. The lowest BCUT2D eigenvalue weighted by atomic mass is 9.84. The van der Waals surface area contributed by atoms with Gasteiger partial charge >= 0.3 is 0 Å². The van der Waals surface area contributed by atoms with Crippen LogP contribution in [0, 0.1) is 9.49 Å². The number of carbonyl (C=O) groups excluding carboxylic acids is 1. The van der Waals surface area contributed by atoms with Crippen LogP contribution in [0.2, 0.25) is 0 Å². The van der Waals surface area contributed by atoms with E-state index in [1.807, 2.05) is 12.1 Å². The quantitative estimate of drug-likeness (QED) is 0.296. The van der Waals surface area contributed by atoms with E-state index in [9.17, 15) is 9.90 Å². The fourth-order valence-corrected chi connectivity index (χ4v) is 3.35. The highest BCUT2D eigenvalue weighted by molar-refractivity contribution is 14.1. The van der Waals surface area contributed by atoms with Crippen molar-refractivity contribution >= 4 is 34.2 Å². The van der Waals surface area contributed by atoms with Crippen LogP contribution in [0.25, 0.3) is 0 Å². The van der Waals surface area contributed by atoms with E-state index in [1.54, 1.807) is 12.1 Å². The number of anilines is 1. The van der Waals surface area contributed by atoms with E-state index in [1.165, 1.54) is 19.3 Å². The second-order valence-electron chi connectivity index (χ2n) is 6.03. The molecule has 1 aromatic rings.